The van der Waals surface area contributed by atoms with Crippen LogP contribution in [0.4, 0.5) is 11.6 Å². The van der Waals surface area contributed by atoms with Gasteiger partial charge in [-0.25, -0.2) is 9.97 Å². The highest BCUT2D eigenvalue weighted by Gasteiger charge is 2.18. The minimum absolute atomic E-state index is 0.0239. The molecule has 2 N–H and O–H groups in total. The van der Waals surface area contributed by atoms with Crippen LogP contribution < -0.4 is 10.6 Å². The number of hydrogen-bond acceptors (Lipinski definition) is 4. The highest BCUT2D eigenvalue weighted by Crippen LogP contribution is 2.16. The first-order valence-electron chi connectivity index (χ1n) is 4.22. The smallest absolute Gasteiger partial charge is 0.225 e. The van der Waals surface area contributed by atoms with E-state index in [0.29, 0.717) is 11.6 Å². The predicted molar refractivity (Wildman–Crippen MR) is 54.6 cm³/mol. The van der Waals surface area contributed by atoms with E-state index in [-0.39, 0.29) is 5.54 Å². The summed E-state index contributed by atoms with van der Waals surface area (Å²) >= 11 is 0. The van der Waals surface area contributed by atoms with Crippen molar-refractivity contribution in [2.75, 3.05) is 17.7 Å². The number of hydrogen-bond donors (Lipinski definition) is 1. The summed E-state index contributed by atoms with van der Waals surface area (Å²) in [5, 5.41) is 0. The number of nitrogen functional groups attached to an aromatic ring is 1. The average Bonchev–Trinajstić information content (AvgIpc) is 2.03. The number of anilines is 2. The molecule has 72 valence electrons. The van der Waals surface area contributed by atoms with Crippen molar-refractivity contribution in [3.8, 4) is 0 Å². The summed E-state index contributed by atoms with van der Waals surface area (Å²) in [7, 11) is 1.96. The largest absolute Gasteiger partial charge is 0.396 e. The van der Waals surface area contributed by atoms with Crippen LogP contribution in [0.1, 0.15) is 20.8 Å². The van der Waals surface area contributed by atoms with Crippen molar-refractivity contribution in [1.29, 1.82) is 0 Å². The van der Waals surface area contributed by atoms with Crippen molar-refractivity contribution >= 4 is 11.6 Å². The summed E-state index contributed by atoms with van der Waals surface area (Å²) in [6.45, 7) is 6.31. The molecule has 13 heavy (non-hydrogen) atoms. The molecule has 0 fully saturated rings. The minimum atomic E-state index is 0.0239. The predicted octanol–water partition coefficient (Wildman–Crippen LogP) is 1.29. The number of rotatable bonds is 1. The van der Waals surface area contributed by atoms with Crippen LogP contribution >= 0.6 is 0 Å². The molecule has 4 heteroatoms. The molecule has 0 amide bonds. The Morgan fingerprint density at radius 2 is 1.69 bits per heavy atom. The zero-order chi connectivity index (χ0) is 10.1. The van der Waals surface area contributed by atoms with Crippen LogP contribution in [-0.4, -0.2) is 22.6 Å². The highest BCUT2D eigenvalue weighted by molar-refractivity contribution is 5.38. The second-order valence-corrected chi connectivity index (χ2v) is 4.05. The van der Waals surface area contributed by atoms with E-state index in [9.17, 15) is 0 Å². The summed E-state index contributed by atoms with van der Waals surface area (Å²) in [4.78, 5) is 10.3. The Labute approximate surface area is 78.8 Å². The van der Waals surface area contributed by atoms with Crippen LogP contribution in [0.15, 0.2) is 12.4 Å². The monoisotopic (exact) mass is 180 g/mol. The molecule has 0 aliphatic carbocycles. The lowest BCUT2D eigenvalue weighted by molar-refractivity contribution is 0.528. The average molecular weight is 180 g/mol. The molecule has 0 saturated carbocycles. The molecule has 0 radical (unpaired) electrons. The topological polar surface area (TPSA) is 55.0 Å². The molecule has 0 aromatic carbocycles. The van der Waals surface area contributed by atoms with Gasteiger partial charge in [0.05, 0.1) is 18.1 Å². The molecule has 0 atom stereocenters. The van der Waals surface area contributed by atoms with E-state index >= 15 is 0 Å². The first-order chi connectivity index (χ1) is 5.91. The van der Waals surface area contributed by atoms with Gasteiger partial charge in [0.15, 0.2) is 0 Å². The molecular weight excluding hydrogens is 164 g/mol. The van der Waals surface area contributed by atoms with Crippen LogP contribution in [0.3, 0.4) is 0 Å². The standard InChI is InChI=1S/C9H16N4/c1-9(2,3)13(4)8-11-5-7(10)6-12-8/h5-6H,10H2,1-4H3. The van der Waals surface area contributed by atoms with Gasteiger partial charge in [-0.05, 0) is 20.8 Å². The van der Waals surface area contributed by atoms with Crippen molar-refractivity contribution in [2.45, 2.75) is 26.3 Å². The van der Waals surface area contributed by atoms with Gasteiger partial charge in [-0.3, -0.25) is 0 Å². The summed E-state index contributed by atoms with van der Waals surface area (Å²) in [6, 6.07) is 0. The molecular formula is C9H16N4. The van der Waals surface area contributed by atoms with Crippen LogP contribution in [0.25, 0.3) is 0 Å². The number of nitrogens with zero attached hydrogens (tertiary/aromatic N) is 3. The Hall–Kier alpha value is -1.32. The van der Waals surface area contributed by atoms with Crippen molar-refractivity contribution in [3.63, 3.8) is 0 Å². The van der Waals surface area contributed by atoms with E-state index in [4.69, 9.17) is 5.73 Å². The van der Waals surface area contributed by atoms with Gasteiger partial charge >= 0.3 is 0 Å². The molecule has 1 heterocycles. The SMILES string of the molecule is CN(c1ncc(N)cn1)C(C)(C)C. The molecule has 0 unspecified atom stereocenters. The molecule has 0 saturated heterocycles. The zero-order valence-electron chi connectivity index (χ0n) is 8.57. The molecule has 0 aliphatic rings. The van der Waals surface area contributed by atoms with E-state index in [0.717, 1.165) is 0 Å². The van der Waals surface area contributed by atoms with Crippen LogP contribution in [0.2, 0.25) is 0 Å². The third-order valence-corrected chi connectivity index (χ3v) is 1.96. The fourth-order valence-corrected chi connectivity index (χ4v) is 0.804. The Balaban J connectivity index is 2.90. The first-order valence-corrected chi connectivity index (χ1v) is 4.22. The maximum absolute atomic E-state index is 5.49. The van der Waals surface area contributed by atoms with Crippen molar-refractivity contribution in [3.05, 3.63) is 12.4 Å². The lowest BCUT2D eigenvalue weighted by atomic mass is 10.1. The molecule has 1 aromatic rings. The molecule has 0 aliphatic heterocycles. The van der Waals surface area contributed by atoms with Crippen LogP contribution in [-0.2, 0) is 0 Å². The lowest BCUT2D eigenvalue weighted by Crippen LogP contribution is -2.39. The second-order valence-electron chi connectivity index (χ2n) is 4.05. The van der Waals surface area contributed by atoms with Gasteiger partial charge in [0, 0.05) is 12.6 Å². The lowest BCUT2D eigenvalue weighted by Gasteiger charge is -2.31. The summed E-state index contributed by atoms with van der Waals surface area (Å²) < 4.78 is 0. The van der Waals surface area contributed by atoms with Gasteiger partial charge in [0.1, 0.15) is 0 Å². The molecule has 0 bridgehead atoms. The van der Waals surface area contributed by atoms with Crippen molar-refractivity contribution < 1.29 is 0 Å². The summed E-state index contributed by atoms with van der Waals surface area (Å²) in [5.74, 6) is 0.696. The Kier molecular flexibility index (Phi) is 2.40. The van der Waals surface area contributed by atoms with E-state index in [1.54, 1.807) is 12.4 Å². The number of aromatic nitrogens is 2. The third-order valence-electron chi connectivity index (χ3n) is 1.96. The van der Waals surface area contributed by atoms with E-state index in [1.165, 1.54) is 0 Å². The third kappa shape index (κ3) is 2.31. The van der Waals surface area contributed by atoms with Gasteiger partial charge in [0.2, 0.25) is 5.95 Å². The van der Waals surface area contributed by atoms with Crippen molar-refractivity contribution in [2.24, 2.45) is 0 Å². The summed E-state index contributed by atoms with van der Waals surface area (Å²) in [5.41, 5.74) is 6.11. The second kappa shape index (κ2) is 3.20. The maximum atomic E-state index is 5.49. The fourth-order valence-electron chi connectivity index (χ4n) is 0.804. The molecule has 4 nitrogen and oxygen atoms in total. The normalized spacial score (nSPS) is 11.4. The van der Waals surface area contributed by atoms with Gasteiger partial charge in [-0.2, -0.15) is 0 Å². The Morgan fingerprint density at radius 1 is 1.23 bits per heavy atom. The van der Waals surface area contributed by atoms with E-state index < -0.39 is 0 Å². The number of nitrogens with two attached hydrogens (primary N) is 1. The zero-order valence-corrected chi connectivity index (χ0v) is 8.57. The minimum Gasteiger partial charge on any atom is -0.396 e. The quantitative estimate of drug-likeness (QED) is 0.707. The van der Waals surface area contributed by atoms with Gasteiger partial charge in [-0.15, -0.1) is 0 Å². The van der Waals surface area contributed by atoms with Gasteiger partial charge in [0.25, 0.3) is 0 Å². The van der Waals surface area contributed by atoms with Gasteiger partial charge < -0.3 is 10.6 Å². The van der Waals surface area contributed by atoms with Crippen LogP contribution in [0.5, 0.6) is 0 Å². The van der Waals surface area contributed by atoms with Crippen LogP contribution in [0, 0.1) is 0 Å². The molecule has 1 aromatic heterocycles. The highest BCUT2D eigenvalue weighted by atomic mass is 15.3. The molecule has 0 spiro atoms. The first kappa shape index (κ1) is 9.77. The fraction of sp³-hybridized carbons (Fsp3) is 0.556. The van der Waals surface area contributed by atoms with E-state index in [1.807, 2.05) is 11.9 Å². The Morgan fingerprint density at radius 3 is 2.08 bits per heavy atom. The Bertz CT molecular complexity index is 273. The van der Waals surface area contributed by atoms with Gasteiger partial charge in [-0.1, -0.05) is 0 Å². The van der Waals surface area contributed by atoms with E-state index in [2.05, 4.69) is 30.7 Å². The molecule has 1 rings (SSSR count). The summed E-state index contributed by atoms with van der Waals surface area (Å²) in [6.07, 6.45) is 3.23. The van der Waals surface area contributed by atoms with Crippen molar-refractivity contribution in [1.82, 2.24) is 9.97 Å². The maximum Gasteiger partial charge on any atom is 0.225 e.